The zero-order chi connectivity index (χ0) is 19.0. The SMILES string of the molecule is O=C1[C@@H]2CCCN2C(=O)N1CCN1CCN(c2ccc([N+](=O)[O-])cc2)CC1. The largest absolute Gasteiger partial charge is 0.369 e. The summed E-state index contributed by atoms with van der Waals surface area (Å²) in [6.07, 6.45) is 1.70. The number of benzene rings is 1. The monoisotopic (exact) mass is 373 g/mol. The summed E-state index contributed by atoms with van der Waals surface area (Å²) in [5.41, 5.74) is 1.07. The number of hydrogen-bond acceptors (Lipinski definition) is 6. The molecule has 0 spiro atoms. The normalized spacial score (nSPS) is 23.3. The van der Waals surface area contributed by atoms with Crippen LogP contribution in [0.25, 0.3) is 0 Å². The van der Waals surface area contributed by atoms with E-state index in [-0.39, 0.29) is 23.7 Å². The zero-order valence-electron chi connectivity index (χ0n) is 15.1. The zero-order valence-corrected chi connectivity index (χ0v) is 15.1. The number of anilines is 1. The molecule has 3 saturated heterocycles. The predicted molar refractivity (Wildman–Crippen MR) is 98.6 cm³/mol. The topological polar surface area (TPSA) is 90.2 Å². The molecule has 0 radical (unpaired) electrons. The number of urea groups is 1. The minimum atomic E-state index is -0.395. The number of hydrogen-bond donors (Lipinski definition) is 0. The van der Waals surface area contributed by atoms with Crippen LogP contribution in [0.2, 0.25) is 0 Å². The third-order valence-corrected chi connectivity index (χ3v) is 5.72. The van der Waals surface area contributed by atoms with Crippen LogP contribution in [0.4, 0.5) is 16.2 Å². The summed E-state index contributed by atoms with van der Waals surface area (Å²) in [5, 5.41) is 10.8. The van der Waals surface area contributed by atoms with Gasteiger partial charge in [0.15, 0.2) is 0 Å². The van der Waals surface area contributed by atoms with Crippen molar-refractivity contribution in [1.29, 1.82) is 0 Å². The molecule has 9 nitrogen and oxygen atoms in total. The second kappa shape index (κ2) is 7.15. The van der Waals surface area contributed by atoms with Crippen LogP contribution in [0.1, 0.15) is 12.8 Å². The van der Waals surface area contributed by atoms with Crippen LogP contribution < -0.4 is 4.90 Å². The molecule has 144 valence electrons. The van der Waals surface area contributed by atoms with Crippen molar-refractivity contribution in [3.8, 4) is 0 Å². The third kappa shape index (κ3) is 3.34. The fourth-order valence-electron chi connectivity index (χ4n) is 4.14. The van der Waals surface area contributed by atoms with Crippen molar-refractivity contribution in [1.82, 2.24) is 14.7 Å². The summed E-state index contributed by atoms with van der Waals surface area (Å²) in [4.78, 5) is 42.6. The first-order valence-electron chi connectivity index (χ1n) is 9.38. The van der Waals surface area contributed by atoms with Crippen LogP contribution in [0, 0.1) is 10.1 Å². The molecule has 0 unspecified atom stereocenters. The summed E-state index contributed by atoms with van der Waals surface area (Å²) < 4.78 is 0. The van der Waals surface area contributed by atoms with Gasteiger partial charge in [-0.1, -0.05) is 0 Å². The lowest BCUT2D eigenvalue weighted by Crippen LogP contribution is -2.49. The van der Waals surface area contributed by atoms with Crippen molar-refractivity contribution in [2.45, 2.75) is 18.9 Å². The molecule has 3 amide bonds. The fourth-order valence-corrected chi connectivity index (χ4v) is 4.14. The van der Waals surface area contributed by atoms with Crippen LogP contribution in [0.3, 0.4) is 0 Å². The van der Waals surface area contributed by atoms with E-state index in [2.05, 4.69) is 9.80 Å². The maximum Gasteiger partial charge on any atom is 0.327 e. The first-order valence-corrected chi connectivity index (χ1v) is 9.38. The Balaban J connectivity index is 1.27. The Morgan fingerprint density at radius 3 is 2.33 bits per heavy atom. The van der Waals surface area contributed by atoms with E-state index in [1.807, 2.05) is 0 Å². The molecule has 0 aromatic heterocycles. The average Bonchev–Trinajstić information content (AvgIpc) is 3.25. The standard InChI is InChI=1S/C18H23N5O4/c24-17-16-2-1-7-21(16)18(25)22(17)13-10-19-8-11-20(12-9-19)14-3-5-15(6-4-14)23(26)27/h3-6,16H,1-2,7-13H2/t16-/m0/s1. The molecule has 3 fully saturated rings. The van der Waals surface area contributed by atoms with Gasteiger partial charge in [0.1, 0.15) is 6.04 Å². The fraction of sp³-hybridized carbons (Fsp3) is 0.556. The smallest absolute Gasteiger partial charge is 0.327 e. The molecule has 3 aliphatic heterocycles. The van der Waals surface area contributed by atoms with E-state index in [1.54, 1.807) is 17.0 Å². The molecule has 9 heteroatoms. The quantitative estimate of drug-likeness (QED) is 0.437. The summed E-state index contributed by atoms with van der Waals surface area (Å²) in [5.74, 6) is -0.0398. The molecule has 4 rings (SSSR count). The number of imide groups is 1. The first-order chi connectivity index (χ1) is 13.0. The van der Waals surface area contributed by atoms with Crippen LogP contribution >= 0.6 is 0 Å². The Kier molecular flexibility index (Phi) is 4.69. The number of nitro groups is 1. The summed E-state index contributed by atoms with van der Waals surface area (Å²) >= 11 is 0. The molecule has 1 aromatic rings. The molecule has 3 heterocycles. The highest BCUT2D eigenvalue weighted by molar-refractivity contribution is 6.04. The number of fused-ring (bicyclic) bond motifs is 1. The molecule has 0 aliphatic carbocycles. The first kappa shape index (κ1) is 17.7. The van der Waals surface area contributed by atoms with Gasteiger partial charge in [-0.15, -0.1) is 0 Å². The van der Waals surface area contributed by atoms with Crippen molar-refractivity contribution >= 4 is 23.3 Å². The lowest BCUT2D eigenvalue weighted by Gasteiger charge is -2.36. The van der Waals surface area contributed by atoms with Gasteiger partial charge in [0.2, 0.25) is 0 Å². The minimum absolute atomic E-state index is 0.0398. The van der Waals surface area contributed by atoms with E-state index in [9.17, 15) is 19.7 Å². The molecule has 27 heavy (non-hydrogen) atoms. The number of carbonyl (C=O) groups excluding carboxylic acids is 2. The highest BCUT2D eigenvalue weighted by atomic mass is 16.6. The van der Waals surface area contributed by atoms with E-state index in [4.69, 9.17) is 0 Å². The molecule has 0 bridgehead atoms. The van der Waals surface area contributed by atoms with E-state index in [1.165, 1.54) is 17.0 Å². The number of piperazine rings is 1. The lowest BCUT2D eigenvalue weighted by molar-refractivity contribution is -0.384. The second-order valence-corrected chi connectivity index (χ2v) is 7.23. The number of amides is 3. The van der Waals surface area contributed by atoms with Crippen molar-refractivity contribution < 1.29 is 14.5 Å². The Hall–Kier alpha value is -2.68. The highest BCUT2D eigenvalue weighted by Gasteiger charge is 2.47. The average molecular weight is 373 g/mol. The number of nitrogens with zero attached hydrogens (tertiary/aromatic N) is 5. The van der Waals surface area contributed by atoms with Crippen LogP contribution in [-0.2, 0) is 4.79 Å². The minimum Gasteiger partial charge on any atom is -0.369 e. The van der Waals surface area contributed by atoms with Crippen LogP contribution in [-0.4, -0.2) is 83.4 Å². The third-order valence-electron chi connectivity index (χ3n) is 5.72. The summed E-state index contributed by atoms with van der Waals surface area (Å²) in [7, 11) is 0. The van der Waals surface area contributed by atoms with Crippen molar-refractivity contribution in [2.24, 2.45) is 0 Å². The molecular formula is C18H23N5O4. The van der Waals surface area contributed by atoms with Crippen LogP contribution in [0.5, 0.6) is 0 Å². The number of nitro benzene ring substituents is 1. The molecule has 0 saturated carbocycles. The molecule has 3 aliphatic rings. The van der Waals surface area contributed by atoms with E-state index < -0.39 is 4.92 Å². The number of carbonyl (C=O) groups is 2. The van der Waals surface area contributed by atoms with Gasteiger partial charge in [-0.2, -0.15) is 0 Å². The number of non-ortho nitro benzene ring substituents is 1. The van der Waals surface area contributed by atoms with E-state index in [0.717, 1.165) is 44.7 Å². The van der Waals surface area contributed by atoms with Gasteiger partial charge in [-0.25, -0.2) is 4.79 Å². The highest BCUT2D eigenvalue weighted by Crippen LogP contribution is 2.27. The van der Waals surface area contributed by atoms with Gasteiger partial charge in [0.05, 0.1) is 4.92 Å². The molecule has 1 aromatic carbocycles. The maximum atomic E-state index is 12.4. The summed E-state index contributed by atoms with van der Waals surface area (Å²) in [6.45, 7) is 5.12. The van der Waals surface area contributed by atoms with E-state index in [0.29, 0.717) is 19.6 Å². The lowest BCUT2D eigenvalue weighted by atomic mass is 10.2. The molecular weight excluding hydrogens is 350 g/mol. The second-order valence-electron chi connectivity index (χ2n) is 7.23. The van der Waals surface area contributed by atoms with Gasteiger partial charge < -0.3 is 9.80 Å². The Bertz CT molecular complexity index is 723. The van der Waals surface area contributed by atoms with Gasteiger partial charge >= 0.3 is 6.03 Å². The van der Waals surface area contributed by atoms with Crippen molar-refractivity contribution in [2.75, 3.05) is 50.7 Å². The number of rotatable bonds is 5. The Morgan fingerprint density at radius 2 is 1.70 bits per heavy atom. The van der Waals surface area contributed by atoms with Gasteiger partial charge in [-0.05, 0) is 25.0 Å². The van der Waals surface area contributed by atoms with Gasteiger partial charge in [-0.3, -0.25) is 24.7 Å². The molecule has 0 N–H and O–H groups in total. The summed E-state index contributed by atoms with van der Waals surface area (Å²) in [6, 6.07) is 6.26. The Morgan fingerprint density at radius 1 is 1.00 bits per heavy atom. The van der Waals surface area contributed by atoms with E-state index >= 15 is 0 Å². The predicted octanol–water partition coefficient (Wildman–Crippen LogP) is 1.14. The van der Waals surface area contributed by atoms with Crippen LogP contribution in [0.15, 0.2) is 24.3 Å². The molecule has 1 atom stereocenters. The van der Waals surface area contributed by atoms with Crippen molar-refractivity contribution in [3.05, 3.63) is 34.4 Å². The Labute approximate surface area is 157 Å². The van der Waals surface area contributed by atoms with Crippen molar-refractivity contribution in [3.63, 3.8) is 0 Å². The maximum absolute atomic E-state index is 12.4. The van der Waals surface area contributed by atoms with Gasteiger partial charge in [0.25, 0.3) is 11.6 Å². The van der Waals surface area contributed by atoms with Gasteiger partial charge in [0, 0.05) is 63.6 Å².